The van der Waals surface area contributed by atoms with Crippen LogP contribution in [0.3, 0.4) is 0 Å². The van der Waals surface area contributed by atoms with Gasteiger partial charge in [0.1, 0.15) is 12.2 Å². The van der Waals surface area contributed by atoms with Gasteiger partial charge in [-0.25, -0.2) is 4.79 Å². The van der Waals surface area contributed by atoms with Crippen molar-refractivity contribution in [1.82, 2.24) is 30.0 Å². The summed E-state index contributed by atoms with van der Waals surface area (Å²) >= 11 is 0. The molecule has 1 fully saturated rings. The lowest BCUT2D eigenvalue weighted by Crippen LogP contribution is -2.44. The summed E-state index contributed by atoms with van der Waals surface area (Å²) in [6, 6.07) is 12.2. The second-order valence-electron chi connectivity index (χ2n) is 7.04. The Morgan fingerprint density at radius 2 is 2.00 bits per heavy atom. The fourth-order valence-corrected chi connectivity index (χ4v) is 3.66. The quantitative estimate of drug-likeness (QED) is 0.772. The zero-order chi connectivity index (χ0) is 18.6. The fraction of sp³-hybridized carbons (Fsp3) is 0.400. The predicted molar refractivity (Wildman–Crippen MR) is 103 cm³/mol. The Morgan fingerprint density at radius 3 is 2.78 bits per heavy atom. The number of rotatable bonds is 4. The van der Waals surface area contributed by atoms with Crippen molar-refractivity contribution in [3.63, 3.8) is 0 Å². The fourth-order valence-electron chi connectivity index (χ4n) is 3.66. The van der Waals surface area contributed by atoms with Crippen LogP contribution in [0, 0.1) is 0 Å². The number of aryl methyl sites for hydroxylation is 1. The summed E-state index contributed by atoms with van der Waals surface area (Å²) in [7, 11) is 1.97. The van der Waals surface area contributed by atoms with E-state index in [4.69, 9.17) is 0 Å². The highest BCUT2D eigenvalue weighted by atomic mass is 16.2. The molecule has 0 aliphatic carbocycles. The van der Waals surface area contributed by atoms with Crippen LogP contribution in [0.15, 0.2) is 42.7 Å². The molecule has 1 aromatic carbocycles. The maximum atomic E-state index is 12.4. The van der Waals surface area contributed by atoms with Gasteiger partial charge in [-0.15, -0.1) is 10.2 Å². The van der Waals surface area contributed by atoms with Gasteiger partial charge in [0.2, 0.25) is 0 Å². The Morgan fingerprint density at radius 1 is 1.19 bits per heavy atom. The van der Waals surface area contributed by atoms with Gasteiger partial charge in [0.15, 0.2) is 0 Å². The second-order valence-corrected chi connectivity index (χ2v) is 7.04. The molecule has 1 saturated heterocycles. The molecular weight excluding hydrogens is 340 g/mol. The topological polar surface area (TPSA) is 75.9 Å². The van der Waals surface area contributed by atoms with Gasteiger partial charge in [0.05, 0.1) is 5.52 Å². The minimum Gasteiger partial charge on any atom is -0.338 e. The van der Waals surface area contributed by atoms with E-state index < -0.39 is 0 Å². The normalized spacial score (nSPS) is 15.2. The number of urea groups is 1. The zero-order valence-electron chi connectivity index (χ0n) is 15.5. The zero-order valence-corrected chi connectivity index (χ0v) is 15.5. The molecule has 1 aliphatic rings. The highest BCUT2D eigenvalue weighted by Gasteiger charge is 2.26. The molecule has 0 saturated carbocycles. The van der Waals surface area contributed by atoms with Crippen molar-refractivity contribution in [2.24, 2.45) is 7.05 Å². The van der Waals surface area contributed by atoms with E-state index in [1.54, 1.807) is 6.33 Å². The number of pyridine rings is 1. The average molecular weight is 364 g/mol. The van der Waals surface area contributed by atoms with Crippen LogP contribution in [0.4, 0.5) is 4.79 Å². The van der Waals surface area contributed by atoms with Crippen LogP contribution < -0.4 is 5.32 Å². The molecule has 7 nitrogen and oxygen atoms in total. The third-order valence-corrected chi connectivity index (χ3v) is 5.21. The molecule has 0 spiro atoms. The molecular formula is C20H24N6O. The lowest BCUT2D eigenvalue weighted by atomic mass is 9.96. The van der Waals surface area contributed by atoms with Gasteiger partial charge in [-0.3, -0.25) is 4.98 Å². The van der Waals surface area contributed by atoms with Crippen molar-refractivity contribution in [3.8, 4) is 0 Å². The van der Waals surface area contributed by atoms with E-state index in [0.717, 1.165) is 54.8 Å². The van der Waals surface area contributed by atoms with Crippen LogP contribution in [0.25, 0.3) is 10.9 Å². The number of amides is 2. The molecule has 27 heavy (non-hydrogen) atoms. The third-order valence-electron chi connectivity index (χ3n) is 5.21. The molecule has 2 amide bonds. The summed E-state index contributed by atoms with van der Waals surface area (Å²) in [5.74, 6) is 1.39. The summed E-state index contributed by atoms with van der Waals surface area (Å²) in [6.07, 6.45) is 4.31. The summed E-state index contributed by atoms with van der Waals surface area (Å²) in [6.45, 7) is 2.09. The largest absolute Gasteiger partial charge is 0.338 e. The molecule has 2 aromatic heterocycles. The van der Waals surface area contributed by atoms with Crippen LogP contribution in [0.1, 0.15) is 30.3 Å². The second kappa shape index (κ2) is 7.73. The van der Waals surface area contributed by atoms with Gasteiger partial charge in [-0.1, -0.05) is 24.3 Å². The van der Waals surface area contributed by atoms with Crippen molar-refractivity contribution in [3.05, 3.63) is 54.2 Å². The van der Waals surface area contributed by atoms with Gasteiger partial charge in [-0.05, 0) is 25.0 Å². The molecule has 0 radical (unpaired) electrons. The van der Waals surface area contributed by atoms with E-state index in [1.165, 1.54) is 0 Å². The molecule has 4 rings (SSSR count). The molecule has 0 bridgehead atoms. The van der Waals surface area contributed by atoms with E-state index in [9.17, 15) is 4.79 Å². The first-order chi connectivity index (χ1) is 13.2. The number of carbonyl (C=O) groups is 1. The van der Waals surface area contributed by atoms with Gasteiger partial charge in [0.25, 0.3) is 0 Å². The van der Waals surface area contributed by atoms with Crippen molar-refractivity contribution in [1.29, 1.82) is 0 Å². The number of carbonyl (C=O) groups excluding carboxylic acids is 1. The van der Waals surface area contributed by atoms with Crippen molar-refractivity contribution >= 4 is 16.9 Å². The van der Waals surface area contributed by atoms with Gasteiger partial charge in [0, 0.05) is 50.1 Å². The van der Waals surface area contributed by atoms with Gasteiger partial charge < -0.3 is 14.8 Å². The Bertz CT molecular complexity index is 929. The number of hydrogen-bond acceptors (Lipinski definition) is 4. The standard InChI is InChI=1S/C20H24N6O/c1-25-14-22-24-19(25)16-9-12-26(13-10-16)20(27)21-11-8-17-7-6-15-4-2-3-5-18(15)23-17/h2-7,14,16H,8-13H2,1H3,(H,21,27). The highest BCUT2D eigenvalue weighted by Crippen LogP contribution is 2.25. The Labute approximate surface area is 158 Å². The molecule has 140 valence electrons. The van der Waals surface area contributed by atoms with Crippen molar-refractivity contribution < 1.29 is 4.79 Å². The Balaban J connectivity index is 1.25. The van der Waals surface area contributed by atoms with Crippen LogP contribution in [0.2, 0.25) is 0 Å². The first-order valence-electron chi connectivity index (χ1n) is 9.42. The van der Waals surface area contributed by atoms with Crippen LogP contribution in [-0.4, -0.2) is 50.3 Å². The lowest BCUT2D eigenvalue weighted by Gasteiger charge is -2.31. The minimum absolute atomic E-state index is 0.00667. The monoisotopic (exact) mass is 364 g/mol. The summed E-state index contributed by atoms with van der Waals surface area (Å²) in [4.78, 5) is 19.0. The number of para-hydroxylation sites is 1. The van der Waals surface area contributed by atoms with Crippen LogP contribution in [0.5, 0.6) is 0 Å². The number of likely N-dealkylation sites (tertiary alicyclic amines) is 1. The average Bonchev–Trinajstić information content (AvgIpc) is 3.14. The first-order valence-corrected chi connectivity index (χ1v) is 9.42. The molecule has 3 aromatic rings. The Kier molecular flexibility index (Phi) is 5.00. The number of nitrogens with zero attached hydrogens (tertiary/aromatic N) is 5. The number of aromatic nitrogens is 4. The molecule has 1 N–H and O–H groups in total. The molecule has 0 unspecified atom stereocenters. The summed E-state index contributed by atoms with van der Waals surface area (Å²) < 4.78 is 1.97. The lowest BCUT2D eigenvalue weighted by molar-refractivity contribution is 0.180. The number of nitrogens with one attached hydrogen (secondary N) is 1. The predicted octanol–water partition coefficient (Wildman–Crippen LogP) is 2.50. The van der Waals surface area contributed by atoms with E-state index >= 15 is 0 Å². The smallest absolute Gasteiger partial charge is 0.317 e. The summed E-state index contributed by atoms with van der Waals surface area (Å²) in [5.41, 5.74) is 1.99. The van der Waals surface area contributed by atoms with Crippen molar-refractivity contribution in [2.75, 3.05) is 19.6 Å². The van der Waals surface area contributed by atoms with E-state index in [0.29, 0.717) is 12.5 Å². The van der Waals surface area contributed by atoms with E-state index in [2.05, 4.69) is 32.6 Å². The first kappa shape index (κ1) is 17.5. The number of fused-ring (bicyclic) bond motifs is 1. The number of piperidine rings is 1. The molecule has 0 atom stereocenters. The van der Waals surface area contributed by atoms with E-state index in [1.807, 2.05) is 40.8 Å². The third kappa shape index (κ3) is 3.92. The maximum Gasteiger partial charge on any atom is 0.317 e. The van der Waals surface area contributed by atoms with Gasteiger partial charge >= 0.3 is 6.03 Å². The number of hydrogen-bond donors (Lipinski definition) is 1. The SMILES string of the molecule is Cn1cnnc1C1CCN(C(=O)NCCc2ccc3ccccc3n2)CC1. The maximum absolute atomic E-state index is 12.4. The molecule has 7 heteroatoms. The summed E-state index contributed by atoms with van der Waals surface area (Å²) in [5, 5.41) is 12.3. The molecule has 3 heterocycles. The Hall–Kier alpha value is -2.96. The number of benzene rings is 1. The van der Waals surface area contributed by atoms with Crippen LogP contribution >= 0.6 is 0 Å². The highest BCUT2D eigenvalue weighted by molar-refractivity contribution is 5.78. The van der Waals surface area contributed by atoms with Crippen molar-refractivity contribution in [2.45, 2.75) is 25.2 Å². The van der Waals surface area contributed by atoms with Crippen LogP contribution in [-0.2, 0) is 13.5 Å². The molecule has 1 aliphatic heterocycles. The van der Waals surface area contributed by atoms with E-state index in [-0.39, 0.29) is 6.03 Å². The minimum atomic E-state index is 0.00667. The van der Waals surface area contributed by atoms with Gasteiger partial charge in [-0.2, -0.15) is 0 Å².